The maximum absolute atomic E-state index is 12.9. The lowest BCUT2D eigenvalue weighted by Crippen LogP contribution is -2.23. The molecule has 166 valence electrons. The van der Waals surface area contributed by atoms with Gasteiger partial charge in [-0.15, -0.1) is 5.10 Å². The van der Waals surface area contributed by atoms with Gasteiger partial charge >= 0.3 is 0 Å². The van der Waals surface area contributed by atoms with E-state index in [4.69, 9.17) is 14.2 Å². The summed E-state index contributed by atoms with van der Waals surface area (Å²) in [5, 5.41) is 4.41. The summed E-state index contributed by atoms with van der Waals surface area (Å²) in [5.74, 6) is 2.67. The quantitative estimate of drug-likeness (QED) is 0.384. The summed E-state index contributed by atoms with van der Waals surface area (Å²) in [6, 6.07) is 13.2. The average Bonchev–Trinajstić information content (AvgIpc) is 3.34. The molecule has 0 fully saturated rings. The molecule has 0 bridgehead atoms. The van der Waals surface area contributed by atoms with Crippen LogP contribution in [0, 0.1) is 0 Å². The molecule has 0 aliphatic carbocycles. The molecule has 7 nitrogen and oxygen atoms in total. The lowest BCUT2D eigenvalue weighted by molar-refractivity contribution is 0.277. The molecule has 4 aromatic rings. The molecule has 2 aromatic heterocycles. The maximum atomic E-state index is 12.9. The summed E-state index contributed by atoms with van der Waals surface area (Å²) in [7, 11) is 0. The molecule has 4 rings (SSSR count). The second kappa shape index (κ2) is 9.82. The van der Waals surface area contributed by atoms with E-state index in [9.17, 15) is 4.79 Å². The van der Waals surface area contributed by atoms with Gasteiger partial charge in [-0.1, -0.05) is 24.3 Å². The van der Waals surface area contributed by atoms with E-state index >= 15 is 0 Å². The summed E-state index contributed by atoms with van der Waals surface area (Å²) < 4.78 is 18.8. The number of aromatic nitrogens is 3. The number of hydrogen-bond acceptors (Lipinski definition) is 7. The van der Waals surface area contributed by atoms with Crippen LogP contribution in [0.1, 0.15) is 32.8 Å². The molecule has 8 heteroatoms. The van der Waals surface area contributed by atoms with Gasteiger partial charge in [-0.25, -0.2) is 0 Å². The monoisotopic (exact) mass is 451 g/mol. The normalized spacial score (nSPS) is 11.8. The number of benzene rings is 2. The smallest absolute Gasteiger partial charge is 0.291 e. The fraction of sp³-hybridized carbons (Fsp3) is 0.292. The van der Waals surface area contributed by atoms with Crippen molar-refractivity contribution in [3.8, 4) is 28.6 Å². The van der Waals surface area contributed by atoms with Crippen LogP contribution in [-0.2, 0) is 0 Å². The van der Waals surface area contributed by atoms with Gasteiger partial charge in [-0.2, -0.15) is 9.50 Å². The molecule has 0 saturated heterocycles. The van der Waals surface area contributed by atoms with Gasteiger partial charge in [0.15, 0.2) is 17.3 Å². The molecule has 0 unspecified atom stereocenters. The van der Waals surface area contributed by atoms with Crippen molar-refractivity contribution in [2.45, 2.75) is 27.2 Å². The van der Waals surface area contributed by atoms with Crippen LogP contribution >= 0.6 is 11.3 Å². The van der Waals surface area contributed by atoms with Crippen LogP contribution < -0.4 is 24.3 Å². The zero-order chi connectivity index (χ0) is 22.5. The largest absolute Gasteiger partial charge is 0.494 e. The van der Waals surface area contributed by atoms with Gasteiger partial charge in [0, 0.05) is 5.56 Å². The van der Waals surface area contributed by atoms with E-state index in [-0.39, 0.29) is 5.56 Å². The number of ether oxygens (including phenoxy) is 3. The molecular formula is C24H25N3O4S. The van der Waals surface area contributed by atoms with Crippen molar-refractivity contribution in [1.29, 1.82) is 0 Å². The first-order valence-electron chi connectivity index (χ1n) is 10.7. The second-order valence-corrected chi connectivity index (χ2v) is 8.00. The highest BCUT2D eigenvalue weighted by Crippen LogP contribution is 2.29. The number of hydrogen-bond donors (Lipinski definition) is 0. The molecule has 32 heavy (non-hydrogen) atoms. The van der Waals surface area contributed by atoms with E-state index in [0.717, 1.165) is 23.3 Å². The Morgan fingerprint density at radius 1 is 0.969 bits per heavy atom. The average molecular weight is 452 g/mol. The Balaban J connectivity index is 1.65. The van der Waals surface area contributed by atoms with Crippen LogP contribution in [0.25, 0.3) is 22.4 Å². The van der Waals surface area contributed by atoms with E-state index in [1.165, 1.54) is 15.9 Å². The van der Waals surface area contributed by atoms with E-state index < -0.39 is 0 Å². The van der Waals surface area contributed by atoms with Crippen molar-refractivity contribution in [3.63, 3.8) is 0 Å². The van der Waals surface area contributed by atoms with Crippen LogP contribution in [0.4, 0.5) is 0 Å². The van der Waals surface area contributed by atoms with E-state index in [0.29, 0.717) is 46.6 Å². The number of fused-ring (bicyclic) bond motifs is 1. The Hall–Kier alpha value is -3.39. The first-order chi connectivity index (χ1) is 15.6. The molecule has 0 radical (unpaired) electrons. The zero-order valence-corrected chi connectivity index (χ0v) is 19.1. The number of nitrogens with zero attached hydrogens (tertiary/aromatic N) is 3. The Labute approximate surface area is 189 Å². The molecule has 2 aromatic carbocycles. The molecular weight excluding hydrogens is 426 g/mol. The number of rotatable bonds is 9. The Bertz CT molecular complexity index is 1310. The first-order valence-corrected chi connectivity index (χ1v) is 11.5. The van der Waals surface area contributed by atoms with Gasteiger partial charge in [-0.3, -0.25) is 4.79 Å². The second-order valence-electron chi connectivity index (χ2n) is 6.99. The van der Waals surface area contributed by atoms with E-state index in [1.54, 1.807) is 0 Å². The topological polar surface area (TPSA) is 75.0 Å². The van der Waals surface area contributed by atoms with Crippen molar-refractivity contribution in [1.82, 2.24) is 14.6 Å². The number of thiazole rings is 1. The fourth-order valence-electron chi connectivity index (χ4n) is 3.19. The van der Waals surface area contributed by atoms with Gasteiger partial charge in [0.2, 0.25) is 4.96 Å². The van der Waals surface area contributed by atoms with Crippen LogP contribution in [0.5, 0.6) is 17.2 Å². The van der Waals surface area contributed by atoms with Crippen LogP contribution in [0.15, 0.2) is 47.3 Å². The van der Waals surface area contributed by atoms with Gasteiger partial charge in [0.05, 0.1) is 24.4 Å². The lowest BCUT2D eigenvalue weighted by Gasteiger charge is -2.11. The van der Waals surface area contributed by atoms with Crippen molar-refractivity contribution in [2.24, 2.45) is 0 Å². The zero-order valence-electron chi connectivity index (χ0n) is 18.3. The predicted molar refractivity (Wildman–Crippen MR) is 126 cm³/mol. The fourth-order valence-corrected chi connectivity index (χ4v) is 4.10. The highest BCUT2D eigenvalue weighted by atomic mass is 32.1. The SMILES string of the molecule is CCCOc1ccc(/C=c2\sc3nc(-c4ccc(OCC)cc4)nn3c2=O)cc1OCC. The van der Waals surface area contributed by atoms with Crippen molar-refractivity contribution >= 4 is 22.4 Å². The van der Waals surface area contributed by atoms with Crippen molar-refractivity contribution < 1.29 is 14.2 Å². The summed E-state index contributed by atoms with van der Waals surface area (Å²) >= 11 is 1.31. The predicted octanol–water partition coefficient (Wildman–Crippen LogP) is 3.95. The molecule has 0 spiro atoms. The minimum Gasteiger partial charge on any atom is -0.494 e. The van der Waals surface area contributed by atoms with Gasteiger partial charge in [-0.05, 0) is 68.3 Å². The lowest BCUT2D eigenvalue weighted by atomic mass is 10.2. The molecule has 0 N–H and O–H groups in total. The third-order valence-electron chi connectivity index (χ3n) is 4.63. The van der Waals surface area contributed by atoms with Crippen molar-refractivity contribution in [3.05, 3.63) is 62.9 Å². The van der Waals surface area contributed by atoms with Crippen molar-refractivity contribution in [2.75, 3.05) is 19.8 Å². The Morgan fingerprint density at radius 3 is 2.44 bits per heavy atom. The summed E-state index contributed by atoms with van der Waals surface area (Å²) in [4.78, 5) is 18.0. The Morgan fingerprint density at radius 2 is 1.75 bits per heavy atom. The minimum atomic E-state index is -0.195. The summed E-state index contributed by atoms with van der Waals surface area (Å²) in [6.45, 7) is 7.69. The van der Waals surface area contributed by atoms with Gasteiger partial charge < -0.3 is 14.2 Å². The molecule has 0 atom stereocenters. The molecule has 2 heterocycles. The van der Waals surface area contributed by atoms with E-state index in [1.807, 2.05) is 62.4 Å². The third-order valence-corrected chi connectivity index (χ3v) is 5.59. The Kier molecular flexibility index (Phi) is 6.70. The molecule has 0 aliphatic heterocycles. The highest BCUT2D eigenvalue weighted by molar-refractivity contribution is 7.15. The highest BCUT2D eigenvalue weighted by Gasteiger charge is 2.13. The van der Waals surface area contributed by atoms with E-state index in [2.05, 4.69) is 17.0 Å². The first kappa shape index (κ1) is 21.8. The van der Waals surface area contributed by atoms with Gasteiger partial charge in [0.1, 0.15) is 5.75 Å². The summed E-state index contributed by atoms with van der Waals surface area (Å²) in [6.07, 6.45) is 2.74. The molecule has 0 aliphatic rings. The maximum Gasteiger partial charge on any atom is 0.291 e. The van der Waals surface area contributed by atoms with Crippen LogP contribution in [0.2, 0.25) is 0 Å². The summed E-state index contributed by atoms with van der Waals surface area (Å²) in [5.41, 5.74) is 1.49. The van der Waals surface area contributed by atoms with Gasteiger partial charge in [0.25, 0.3) is 5.56 Å². The third kappa shape index (κ3) is 4.60. The van der Waals surface area contributed by atoms with Crippen LogP contribution in [0.3, 0.4) is 0 Å². The molecule has 0 saturated carbocycles. The standard InChI is InChI=1S/C24H25N3O4S/c1-4-13-31-19-12-7-16(14-20(19)30-6-3)15-21-23(28)27-24(32-21)25-22(26-27)17-8-10-18(11-9-17)29-5-2/h7-12,14-15H,4-6,13H2,1-3H3/b21-15-. The van der Waals surface area contributed by atoms with Crippen LogP contribution in [-0.4, -0.2) is 34.4 Å². The minimum absolute atomic E-state index is 0.195. The molecule has 0 amide bonds.